The summed E-state index contributed by atoms with van der Waals surface area (Å²) in [5.41, 5.74) is 1.30. The third kappa shape index (κ3) is 3.59. The standard InChI is InChI=1S/C16H23NOS/c18-16(8-5-13-3-1-2-4-13)17(15-6-7-15)11-14-9-10-19-12-14/h9-10,12-13,15H,1-8,11H2. The summed E-state index contributed by atoms with van der Waals surface area (Å²) in [5.74, 6) is 1.21. The van der Waals surface area contributed by atoms with Crippen LogP contribution in [0.1, 0.15) is 56.9 Å². The lowest BCUT2D eigenvalue weighted by Crippen LogP contribution is -2.32. The summed E-state index contributed by atoms with van der Waals surface area (Å²) < 4.78 is 0. The summed E-state index contributed by atoms with van der Waals surface area (Å²) in [6.07, 6.45) is 9.75. The molecule has 0 saturated heterocycles. The largest absolute Gasteiger partial charge is 0.335 e. The van der Waals surface area contributed by atoms with Crippen molar-refractivity contribution in [3.63, 3.8) is 0 Å². The SMILES string of the molecule is O=C(CCC1CCCC1)N(Cc1ccsc1)C1CC1. The Bertz CT molecular complexity index is 404. The van der Waals surface area contributed by atoms with Gasteiger partial charge in [-0.3, -0.25) is 4.79 Å². The molecule has 0 aliphatic heterocycles. The number of hydrogen-bond donors (Lipinski definition) is 0. The third-order valence-corrected chi connectivity index (χ3v) is 5.21. The minimum Gasteiger partial charge on any atom is -0.335 e. The molecule has 0 radical (unpaired) electrons. The molecule has 3 rings (SSSR count). The van der Waals surface area contributed by atoms with Gasteiger partial charge in [0.2, 0.25) is 5.91 Å². The van der Waals surface area contributed by atoms with Crippen LogP contribution in [0.5, 0.6) is 0 Å². The van der Waals surface area contributed by atoms with Crippen LogP contribution in [0, 0.1) is 5.92 Å². The van der Waals surface area contributed by atoms with Crippen LogP contribution in [0.3, 0.4) is 0 Å². The molecular weight excluding hydrogens is 254 g/mol. The molecule has 0 aromatic carbocycles. The van der Waals surface area contributed by atoms with E-state index >= 15 is 0 Å². The maximum atomic E-state index is 12.4. The first-order chi connectivity index (χ1) is 9.33. The van der Waals surface area contributed by atoms with Crippen molar-refractivity contribution < 1.29 is 4.79 Å². The fourth-order valence-electron chi connectivity index (χ4n) is 3.16. The highest BCUT2D eigenvalue weighted by Gasteiger charge is 2.32. The molecule has 2 aliphatic rings. The van der Waals surface area contributed by atoms with Crippen molar-refractivity contribution in [3.05, 3.63) is 22.4 Å². The predicted octanol–water partition coefficient (Wildman–Crippen LogP) is 4.21. The van der Waals surface area contributed by atoms with Crippen LogP contribution < -0.4 is 0 Å². The van der Waals surface area contributed by atoms with Gasteiger partial charge in [0.25, 0.3) is 0 Å². The molecule has 2 aliphatic carbocycles. The number of carbonyl (C=O) groups excluding carboxylic acids is 1. The van der Waals surface area contributed by atoms with Crippen molar-refractivity contribution in [1.29, 1.82) is 0 Å². The molecule has 2 saturated carbocycles. The lowest BCUT2D eigenvalue weighted by Gasteiger charge is -2.22. The minimum absolute atomic E-state index is 0.389. The van der Waals surface area contributed by atoms with E-state index in [1.54, 1.807) is 11.3 Å². The molecule has 2 nitrogen and oxygen atoms in total. The van der Waals surface area contributed by atoms with Gasteiger partial charge in [-0.05, 0) is 47.6 Å². The molecule has 19 heavy (non-hydrogen) atoms. The second-order valence-electron chi connectivity index (χ2n) is 6.07. The first-order valence-corrected chi connectivity index (χ1v) is 8.58. The Morgan fingerprint density at radius 3 is 2.68 bits per heavy atom. The lowest BCUT2D eigenvalue weighted by molar-refractivity contribution is -0.132. The van der Waals surface area contributed by atoms with Crippen molar-refractivity contribution in [3.8, 4) is 0 Å². The third-order valence-electron chi connectivity index (χ3n) is 4.48. The Morgan fingerprint density at radius 2 is 2.05 bits per heavy atom. The van der Waals surface area contributed by atoms with Gasteiger partial charge in [0.15, 0.2) is 0 Å². The fraction of sp³-hybridized carbons (Fsp3) is 0.688. The summed E-state index contributed by atoms with van der Waals surface area (Å²) in [4.78, 5) is 14.6. The summed E-state index contributed by atoms with van der Waals surface area (Å²) in [6.45, 7) is 0.831. The van der Waals surface area contributed by atoms with Crippen LogP contribution in [0.25, 0.3) is 0 Å². The predicted molar refractivity (Wildman–Crippen MR) is 79.1 cm³/mol. The van der Waals surface area contributed by atoms with E-state index in [4.69, 9.17) is 0 Å². The fourth-order valence-corrected chi connectivity index (χ4v) is 3.82. The molecule has 0 unspecified atom stereocenters. The van der Waals surface area contributed by atoms with Gasteiger partial charge in [0.05, 0.1) is 0 Å². The van der Waals surface area contributed by atoms with Gasteiger partial charge in [-0.25, -0.2) is 0 Å². The molecule has 0 spiro atoms. The smallest absolute Gasteiger partial charge is 0.223 e. The quantitative estimate of drug-likeness (QED) is 0.762. The zero-order valence-corrected chi connectivity index (χ0v) is 12.3. The molecule has 1 aromatic rings. The van der Waals surface area contributed by atoms with E-state index in [1.807, 2.05) is 0 Å². The van der Waals surface area contributed by atoms with Crippen molar-refractivity contribution in [1.82, 2.24) is 4.90 Å². The number of carbonyl (C=O) groups is 1. The number of amides is 1. The van der Waals surface area contributed by atoms with Crippen LogP contribution in [-0.2, 0) is 11.3 Å². The topological polar surface area (TPSA) is 20.3 Å². The van der Waals surface area contributed by atoms with Crippen LogP contribution in [0.4, 0.5) is 0 Å². The van der Waals surface area contributed by atoms with E-state index in [1.165, 1.54) is 44.1 Å². The van der Waals surface area contributed by atoms with Crippen molar-refractivity contribution >= 4 is 17.2 Å². The van der Waals surface area contributed by atoms with E-state index in [0.717, 1.165) is 25.3 Å². The van der Waals surface area contributed by atoms with E-state index in [-0.39, 0.29) is 0 Å². The molecule has 1 amide bonds. The van der Waals surface area contributed by atoms with Gasteiger partial charge in [0, 0.05) is 19.0 Å². The zero-order chi connectivity index (χ0) is 13.1. The number of nitrogens with zero attached hydrogens (tertiary/aromatic N) is 1. The molecule has 1 aromatic heterocycles. The van der Waals surface area contributed by atoms with Crippen LogP contribution in [0.2, 0.25) is 0 Å². The Hall–Kier alpha value is -0.830. The Kier molecular flexibility index (Phi) is 4.21. The summed E-state index contributed by atoms with van der Waals surface area (Å²) in [5, 5.41) is 4.27. The molecule has 0 N–H and O–H groups in total. The monoisotopic (exact) mass is 277 g/mol. The van der Waals surface area contributed by atoms with Crippen LogP contribution >= 0.6 is 11.3 Å². The summed E-state index contributed by atoms with van der Waals surface area (Å²) >= 11 is 1.72. The van der Waals surface area contributed by atoms with Crippen LogP contribution in [-0.4, -0.2) is 16.8 Å². The molecule has 0 bridgehead atoms. The lowest BCUT2D eigenvalue weighted by atomic mass is 10.0. The number of rotatable bonds is 6. The van der Waals surface area contributed by atoms with E-state index in [9.17, 15) is 4.79 Å². The van der Waals surface area contributed by atoms with E-state index in [0.29, 0.717) is 11.9 Å². The molecule has 3 heteroatoms. The molecule has 104 valence electrons. The first-order valence-electron chi connectivity index (χ1n) is 7.63. The van der Waals surface area contributed by atoms with E-state index in [2.05, 4.69) is 21.7 Å². The zero-order valence-electron chi connectivity index (χ0n) is 11.5. The first kappa shape index (κ1) is 13.2. The average molecular weight is 277 g/mol. The second kappa shape index (κ2) is 6.08. The molecular formula is C16H23NOS. The van der Waals surface area contributed by atoms with Gasteiger partial charge in [-0.15, -0.1) is 0 Å². The van der Waals surface area contributed by atoms with Gasteiger partial charge in [-0.2, -0.15) is 11.3 Å². The maximum Gasteiger partial charge on any atom is 0.223 e. The Morgan fingerprint density at radius 1 is 1.26 bits per heavy atom. The van der Waals surface area contributed by atoms with Gasteiger partial charge in [-0.1, -0.05) is 25.7 Å². The summed E-state index contributed by atoms with van der Waals surface area (Å²) in [7, 11) is 0. The number of thiophene rings is 1. The minimum atomic E-state index is 0.389. The highest BCUT2D eigenvalue weighted by atomic mass is 32.1. The van der Waals surface area contributed by atoms with Gasteiger partial charge in [0.1, 0.15) is 0 Å². The normalized spacial score (nSPS) is 19.8. The maximum absolute atomic E-state index is 12.4. The van der Waals surface area contributed by atoms with Crippen molar-refractivity contribution in [2.24, 2.45) is 5.92 Å². The highest BCUT2D eigenvalue weighted by molar-refractivity contribution is 7.07. The van der Waals surface area contributed by atoms with Crippen LogP contribution in [0.15, 0.2) is 16.8 Å². The van der Waals surface area contributed by atoms with Gasteiger partial charge >= 0.3 is 0 Å². The Labute approximate surface area is 119 Å². The number of hydrogen-bond acceptors (Lipinski definition) is 2. The highest BCUT2D eigenvalue weighted by Crippen LogP contribution is 2.32. The van der Waals surface area contributed by atoms with E-state index < -0.39 is 0 Å². The van der Waals surface area contributed by atoms with Crippen molar-refractivity contribution in [2.45, 2.75) is 64.0 Å². The average Bonchev–Trinajstić information content (AvgIpc) is 2.94. The van der Waals surface area contributed by atoms with Crippen molar-refractivity contribution in [2.75, 3.05) is 0 Å². The van der Waals surface area contributed by atoms with Gasteiger partial charge < -0.3 is 4.90 Å². The Balaban J connectivity index is 1.52. The molecule has 0 atom stereocenters. The second-order valence-corrected chi connectivity index (χ2v) is 6.85. The summed E-state index contributed by atoms with van der Waals surface area (Å²) in [6, 6.07) is 2.68. The molecule has 1 heterocycles. The molecule has 2 fully saturated rings.